The van der Waals surface area contributed by atoms with Crippen molar-refractivity contribution in [2.75, 3.05) is 18.0 Å². The van der Waals surface area contributed by atoms with Crippen molar-refractivity contribution in [3.8, 4) is 0 Å². The molecular weight excluding hydrogens is 437 g/mol. The molecule has 5 rings (SSSR count). The van der Waals surface area contributed by atoms with Gasteiger partial charge in [0, 0.05) is 13.1 Å². The molecule has 3 aromatic rings. The number of para-hydroxylation sites is 1. The van der Waals surface area contributed by atoms with E-state index in [1.165, 1.54) is 17.8 Å². The molecule has 0 bridgehead atoms. The first-order valence-electron chi connectivity index (χ1n) is 11.0. The minimum Gasteiger partial charge on any atom is -0.467 e. The fraction of sp³-hybridized carbons (Fsp3) is 0.231. The lowest BCUT2D eigenvalue weighted by Gasteiger charge is -2.19. The summed E-state index contributed by atoms with van der Waals surface area (Å²) < 4.78 is 20.4. The van der Waals surface area contributed by atoms with E-state index in [1.54, 1.807) is 23.3 Å². The molecule has 0 atom stereocenters. The van der Waals surface area contributed by atoms with Gasteiger partial charge in [-0.3, -0.25) is 9.69 Å². The van der Waals surface area contributed by atoms with E-state index in [0.29, 0.717) is 27.1 Å². The second-order valence-electron chi connectivity index (χ2n) is 8.17. The Morgan fingerprint density at radius 3 is 2.64 bits per heavy atom. The number of nitrogens with zero attached hydrogens (tertiary/aromatic N) is 3. The molecule has 2 saturated heterocycles. The number of carbonyl (C=O) groups excluding carboxylic acids is 1. The second-order valence-corrected chi connectivity index (χ2v) is 9.17. The molecule has 2 aliphatic rings. The molecule has 7 heteroatoms. The fourth-order valence-electron chi connectivity index (χ4n) is 4.08. The highest BCUT2D eigenvalue weighted by atomic mass is 32.2. The zero-order chi connectivity index (χ0) is 22.8. The molecule has 0 N–H and O–H groups in total. The molecule has 168 valence electrons. The Labute approximate surface area is 196 Å². The first-order valence-corrected chi connectivity index (χ1v) is 11.8. The van der Waals surface area contributed by atoms with Crippen LogP contribution in [-0.2, 0) is 11.3 Å². The lowest BCUT2D eigenvalue weighted by atomic mass is 10.1. The fourth-order valence-corrected chi connectivity index (χ4v) is 5.07. The minimum atomic E-state index is -0.254. The van der Waals surface area contributed by atoms with Gasteiger partial charge in [0.15, 0.2) is 5.17 Å². The normalized spacial score (nSPS) is 18.8. The van der Waals surface area contributed by atoms with Gasteiger partial charge in [-0.1, -0.05) is 18.2 Å². The number of hydrogen-bond acceptors (Lipinski definition) is 5. The first-order chi connectivity index (χ1) is 16.1. The number of aryl methyl sites for hydroxylation is 1. The number of thioether (sulfide) groups is 1. The molecule has 33 heavy (non-hydrogen) atoms. The largest absolute Gasteiger partial charge is 0.467 e. The highest BCUT2D eigenvalue weighted by Gasteiger charge is 2.34. The number of rotatable bonds is 5. The van der Waals surface area contributed by atoms with Gasteiger partial charge in [0.1, 0.15) is 11.6 Å². The maximum Gasteiger partial charge on any atom is 0.267 e. The molecule has 0 aliphatic carbocycles. The summed E-state index contributed by atoms with van der Waals surface area (Å²) in [5, 5.41) is 0.570. The highest BCUT2D eigenvalue weighted by Crippen LogP contribution is 2.36. The Hall–Kier alpha value is -3.32. The van der Waals surface area contributed by atoms with Gasteiger partial charge in [0.05, 0.1) is 29.1 Å². The van der Waals surface area contributed by atoms with E-state index in [1.807, 2.05) is 49.4 Å². The Morgan fingerprint density at radius 1 is 1.12 bits per heavy atom. The van der Waals surface area contributed by atoms with Crippen LogP contribution < -0.4 is 4.90 Å². The number of aliphatic imine (C=N–C) groups is 1. The van der Waals surface area contributed by atoms with Crippen LogP contribution in [0.3, 0.4) is 0 Å². The highest BCUT2D eigenvalue weighted by molar-refractivity contribution is 8.18. The molecule has 0 spiro atoms. The van der Waals surface area contributed by atoms with Crippen LogP contribution in [0.1, 0.15) is 29.7 Å². The molecule has 2 aromatic carbocycles. The molecule has 3 heterocycles. The average molecular weight is 462 g/mol. The second kappa shape index (κ2) is 9.27. The van der Waals surface area contributed by atoms with E-state index in [0.717, 1.165) is 37.2 Å². The van der Waals surface area contributed by atoms with Crippen LogP contribution in [-0.4, -0.2) is 29.1 Å². The van der Waals surface area contributed by atoms with Gasteiger partial charge in [-0.25, -0.2) is 9.38 Å². The molecule has 0 unspecified atom stereocenters. The zero-order valence-corrected chi connectivity index (χ0v) is 19.1. The molecule has 1 aromatic heterocycles. The summed E-state index contributed by atoms with van der Waals surface area (Å²) in [5.74, 6) is 0.244. The van der Waals surface area contributed by atoms with E-state index in [-0.39, 0.29) is 18.3 Å². The summed E-state index contributed by atoms with van der Waals surface area (Å²) in [6.07, 6.45) is 5.53. The van der Waals surface area contributed by atoms with Crippen molar-refractivity contribution in [1.82, 2.24) is 4.90 Å². The number of hydrogen-bond donors (Lipinski definition) is 0. The van der Waals surface area contributed by atoms with Crippen molar-refractivity contribution >= 4 is 40.3 Å². The summed E-state index contributed by atoms with van der Waals surface area (Å²) in [5.41, 5.74) is 3.04. The molecular formula is C26H24FN3O2S. The van der Waals surface area contributed by atoms with Crippen LogP contribution in [0.25, 0.3) is 6.08 Å². The molecule has 1 amide bonds. The van der Waals surface area contributed by atoms with E-state index >= 15 is 0 Å². The number of amidine groups is 1. The molecule has 2 fully saturated rings. The van der Waals surface area contributed by atoms with E-state index in [9.17, 15) is 9.18 Å². The molecule has 2 aliphatic heterocycles. The molecule has 0 saturated carbocycles. The minimum absolute atomic E-state index is 0.172. The third kappa shape index (κ3) is 4.59. The number of anilines is 1. The van der Waals surface area contributed by atoms with Gasteiger partial charge in [-0.15, -0.1) is 0 Å². The lowest BCUT2D eigenvalue weighted by Crippen LogP contribution is -2.28. The van der Waals surface area contributed by atoms with Crippen molar-refractivity contribution in [1.29, 1.82) is 0 Å². The van der Waals surface area contributed by atoms with Crippen LogP contribution in [0.2, 0.25) is 0 Å². The van der Waals surface area contributed by atoms with Crippen molar-refractivity contribution in [2.24, 2.45) is 4.99 Å². The van der Waals surface area contributed by atoms with Gasteiger partial charge >= 0.3 is 0 Å². The van der Waals surface area contributed by atoms with E-state index in [2.05, 4.69) is 4.90 Å². The number of carbonyl (C=O) groups is 1. The third-order valence-electron chi connectivity index (χ3n) is 5.83. The Morgan fingerprint density at radius 2 is 1.91 bits per heavy atom. The SMILES string of the molecule is Cc1cc(N2CCCC2)c(F)cc1C=C1SC(=Nc2ccccc2)N(Cc2ccco2)C1=O. The van der Waals surface area contributed by atoms with Gasteiger partial charge in [0.25, 0.3) is 5.91 Å². The third-order valence-corrected chi connectivity index (χ3v) is 6.84. The van der Waals surface area contributed by atoms with E-state index in [4.69, 9.17) is 9.41 Å². The van der Waals surface area contributed by atoms with Crippen molar-refractivity contribution in [2.45, 2.75) is 26.3 Å². The number of benzene rings is 2. The van der Waals surface area contributed by atoms with Gasteiger partial charge < -0.3 is 9.32 Å². The van der Waals surface area contributed by atoms with Gasteiger partial charge in [-0.2, -0.15) is 0 Å². The lowest BCUT2D eigenvalue weighted by molar-refractivity contribution is -0.122. The summed E-state index contributed by atoms with van der Waals surface area (Å²) in [4.78, 5) is 22.2. The summed E-state index contributed by atoms with van der Waals surface area (Å²) >= 11 is 1.30. The quantitative estimate of drug-likeness (QED) is 0.429. The van der Waals surface area contributed by atoms with Crippen molar-refractivity contribution < 1.29 is 13.6 Å². The van der Waals surface area contributed by atoms with Crippen LogP contribution in [0.5, 0.6) is 0 Å². The smallest absolute Gasteiger partial charge is 0.267 e. The Bertz CT molecular complexity index is 1220. The maximum atomic E-state index is 14.9. The first kappa shape index (κ1) is 21.5. The van der Waals surface area contributed by atoms with E-state index < -0.39 is 0 Å². The summed E-state index contributed by atoms with van der Waals surface area (Å²) in [6.45, 7) is 4.00. The Kier molecular flexibility index (Phi) is 6.05. The number of halogens is 1. The zero-order valence-electron chi connectivity index (χ0n) is 18.3. The predicted molar refractivity (Wildman–Crippen MR) is 131 cm³/mol. The van der Waals surface area contributed by atoms with Crippen LogP contribution in [0, 0.1) is 12.7 Å². The van der Waals surface area contributed by atoms with Crippen LogP contribution >= 0.6 is 11.8 Å². The van der Waals surface area contributed by atoms with Crippen LogP contribution in [0.4, 0.5) is 15.8 Å². The molecule has 5 nitrogen and oxygen atoms in total. The maximum absolute atomic E-state index is 14.9. The van der Waals surface area contributed by atoms with Crippen LogP contribution in [0.15, 0.2) is 75.2 Å². The van der Waals surface area contributed by atoms with Gasteiger partial charge in [-0.05, 0) is 85.1 Å². The Balaban J connectivity index is 1.48. The average Bonchev–Trinajstić information content (AvgIpc) is 3.57. The number of furan rings is 1. The molecule has 0 radical (unpaired) electrons. The summed E-state index contributed by atoms with van der Waals surface area (Å²) in [6, 6.07) is 16.6. The standard InChI is InChI=1S/C26H24FN3O2S/c1-18-14-23(29-11-5-6-12-29)22(27)15-19(18)16-24-25(31)30(17-21-10-7-13-32-21)26(33-24)28-20-8-3-2-4-9-20/h2-4,7-10,13-16H,5-6,11-12,17H2,1H3. The summed E-state index contributed by atoms with van der Waals surface area (Å²) in [7, 11) is 0. The monoisotopic (exact) mass is 461 g/mol. The van der Waals surface area contributed by atoms with Crippen molar-refractivity contribution in [3.63, 3.8) is 0 Å². The number of amides is 1. The van der Waals surface area contributed by atoms with Gasteiger partial charge in [0.2, 0.25) is 0 Å². The van der Waals surface area contributed by atoms with Crippen molar-refractivity contribution in [3.05, 3.63) is 88.5 Å². The predicted octanol–water partition coefficient (Wildman–Crippen LogP) is 6.13. The topological polar surface area (TPSA) is 49.0 Å².